The zero-order valence-electron chi connectivity index (χ0n) is 15.3. The van der Waals surface area contributed by atoms with Gasteiger partial charge in [0.2, 0.25) is 0 Å². The van der Waals surface area contributed by atoms with Crippen molar-refractivity contribution in [2.24, 2.45) is 0 Å². The summed E-state index contributed by atoms with van der Waals surface area (Å²) in [5.74, 6) is 0.134. The van der Waals surface area contributed by atoms with Crippen LogP contribution in [0.3, 0.4) is 0 Å². The van der Waals surface area contributed by atoms with Crippen molar-refractivity contribution >= 4 is 28.8 Å². The molecule has 1 amide bonds. The fourth-order valence-corrected chi connectivity index (χ4v) is 3.31. The van der Waals surface area contributed by atoms with E-state index in [9.17, 15) is 9.18 Å². The molecule has 0 aliphatic heterocycles. The predicted octanol–water partition coefficient (Wildman–Crippen LogP) is 4.80. The smallest absolute Gasteiger partial charge is 0.273 e. The van der Waals surface area contributed by atoms with Gasteiger partial charge in [-0.15, -0.1) is 11.3 Å². The summed E-state index contributed by atoms with van der Waals surface area (Å²) < 4.78 is 24.4. The zero-order valence-corrected chi connectivity index (χ0v) is 16.9. The molecule has 8 heteroatoms. The number of hydrogen-bond donors (Lipinski definition) is 0. The maximum Gasteiger partial charge on any atom is 0.273 e. The Bertz CT molecular complexity index is 962. The van der Waals surface area contributed by atoms with Gasteiger partial charge in [-0.1, -0.05) is 17.7 Å². The molecule has 0 N–H and O–H groups in total. The van der Waals surface area contributed by atoms with Crippen LogP contribution in [0.25, 0.3) is 0 Å². The molecule has 0 aliphatic rings. The standard InChI is InChI=1S/C20H18ClFN2O3S/c1-24(10-13-3-8-18(26-2)16(22)9-13)20(25)17-12-28-19(23-17)11-27-15-6-4-14(21)5-7-15/h3-9,12H,10-11H2,1-2H3. The van der Waals surface area contributed by atoms with E-state index in [-0.39, 0.29) is 24.8 Å². The molecule has 3 aromatic rings. The van der Waals surface area contributed by atoms with Crippen LogP contribution in [0.5, 0.6) is 11.5 Å². The van der Waals surface area contributed by atoms with Gasteiger partial charge in [0.25, 0.3) is 5.91 Å². The van der Waals surface area contributed by atoms with E-state index in [0.717, 1.165) is 0 Å². The molecule has 28 heavy (non-hydrogen) atoms. The molecule has 1 aromatic heterocycles. The van der Waals surface area contributed by atoms with E-state index in [0.29, 0.717) is 27.0 Å². The monoisotopic (exact) mass is 420 g/mol. The maximum absolute atomic E-state index is 13.8. The molecule has 146 valence electrons. The van der Waals surface area contributed by atoms with E-state index in [1.165, 1.54) is 35.5 Å². The highest BCUT2D eigenvalue weighted by molar-refractivity contribution is 7.09. The molecular formula is C20H18ClFN2O3S. The van der Waals surface area contributed by atoms with Gasteiger partial charge in [0.05, 0.1) is 7.11 Å². The molecule has 0 bridgehead atoms. The summed E-state index contributed by atoms with van der Waals surface area (Å²) in [4.78, 5) is 18.4. The summed E-state index contributed by atoms with van der Waals surface area (Å²) in [6.07, 6.45) is 0. The van der Waals surface area contributed by atoms with Gasteiger partial charge in [0.15, 0.2) is 11.6 Å². The Morgan fingerprint density at radius 1 is 1.25 bits per heavy atom. The lowest BCUT2D eigenvalue weighted by Gasteiger charge is -2.16. The zero-order chi connectivity index (χ0) is 20.1. The van der Waals surface area contributed by atoms with Crippen LogP contribution in [0.4, 0.5) is 4.39 Å². The van der Waals surface area contributed by atoms with Gasteiger partial charge in [-0.05, 0) is 42.0 Å². The SMILES string of the molecule is COc1ccc(CN(C)C(=O)c2csc(COc3ccc(Cl)cc3)n2)cc1F. The average Bonchev–Trinajstić information content (AvgIpc) is 3.16. The van der Waals surface area contributed by atoms with Crippen molar-refractivity contribution in [2.45, 2.75) is 13.2 Å². The quantitative estimate of drug-likeness (QED) is 0.551. The first kappa shape index (κ1) is 20.1. The van der Waals surface area contributed by atoms with Crippen LogP contribution in [-0.2, 0) is 13.2 Å². The minimum absolute atomic E-state index is 0.169. The summed E-state index contributed by atoms with van der Waals surface area (Å²) >= 11 is 7.19. The van der Waals surface area contributed by atoms with E-state index in [4.69, 9.17) is 21.1 Å². The third-order valence-corrected chi connectivity index (χ3v) is 5.00. The number of amides is 1. The minimum Gasteiger partial charge on any atom is -0.494 e. The van der Waals surface area contributed by atoms with Crippen molar-refractivity contribution in [3.63, 3.8) is 0 Å². The molecule has 0 spiro atoms. The Kier molecular flexibility index (Phi) is 6.49. The van der Waals surface area contributed by atoms with Gasteiger partial charge in [-0.3, -0.25) is 4.79 Å². The van der Waals surface area contributed by atoms with Gasteiger partial charge in [0.1, 0.15) is 23.1 Å². The second-order valence-corrected chi connectivity index (χ2v) is 7.38. The van der Waals surface area contributed by atoms with Crippen molar-refractivity contribution in [1.82, 2.24) is 9.88 Å². The van der Waals surface area contributed by atoms with Gasteiger partial charge in [-0.2, -0.15) is 0 Å². The van der Waals surface area contributed by atoms with Crippen LogP contribution >= 0.6 is 22.9 Å². The number of hydrogen-bond acceptors (Lipinski definition) is 5. The fraction of sp³-hybridized carbons (Fsp3) is 0.200. The van der Waals surface area contributed by atoms with E-state index >= 15 is 0 Å². The second kappa shape index (κ2) is 9.03. The van der Waals surface area contributed by atoms with E-state index < -0.39 is 5.82 Å². The largest absolute Gasteiger partial charge is 0.494 e. The number of ether oxygens (including phenoxy) is 2. The summed E-state index contributed by atoms with van der Waals surface area (Å²) in [5, 5.41) is 3.00. The minimum atomic E-state index is -0.462. The maximum atomic E-state index is 13.8. The number of carbonyl (C=O) groups excluding carboxylic acids is 1. The number of halogens is 2. The van der Waals surface area contributed by atoms with Crippen LogP contribution in [0, 0.1) is 5.82 Å². The second-order valence-electron chi connectivity index (χ2n) is 6.00. The van der Waals surface area contributed by atoms with Crippen LogP contribution in [0.2, 0.25) is 5.02 Å². The van der Waals surface area contributed by atoms with Crippen molar-refractivity contribution in [1.29, 1.82) is 0 Å². The molecule has 2 aromatic carbocycles. The number of carbonyl (C=O) groups is 1. The molecule has 0 aliphatic carbocycles. The Morgan fingerprint density at radius 3 is 2.68 bits per heavy atom. The fourth-order valence-electron chi connectivity index (χ4n) is 2.50. The lowest BCUT2D eigenvalue weighted by atomic mass is 10.2. The lowest BCUT2D eigenvalue weighted by Crippen LogP contribution is -2.26. The van der Waals surface area contributed by atoms with Crippen LogP contribution in [0.15, 0.2) is 47.8 Å². The molecule has 0 saturated carbocycles. The number of nitrogens with zero attached hydrogens (tertiary/aromatic N) is 2. The molecule has 1 heterocycles. The Balaban J connectivity index is 1.59. The topological polar surface area (TPSA) is 51.7 Å². The van der Waals surface area contributed by atoms with Crippen molar-refractivity contribution in [3.8, 4) is 11.5 Å². The van der Waals surface area contributed by atoms with E-state index in [2.05, 4.69) is 4.98 Å². The number of rotatable bonds is 7. The molecule has 0 radical (unpaired) electrons. The third kappa shape index (κ3) is 4.99. The van der Waals surface area contributed by atoms with Gasteiger partial charge in [0, 0.05) is 24.0 Å². The lowest BCUT2D eigenvalue weighted by molar-refractivity contribution is 0.0779. The summed E-state index contributed by atoms with van der Waals surface area (Å²) in [7, 11) is 3.05. The van der Waals surface area contributed by atoms with Crippen LogP contribution in [0.1, 0.15) is 21.1 Å². The third-order valence-electron chi connectivity index (χ3n) is 3.93. The number of benzene rings is 2. The molecule has 5 nitrogen and oxygen atoms in total. The Morgan fingerprint density at radius 2 is 2.00 bits per heavy atom. The highest BCUT2D eigenvalue weighted by Crippen LogP contribution is 2.20. The Hall–Kier alpha value is -2.64. The van der Waals surface area contributed by atoms with Gasteiger partial charge in [-0.25, -0.2) is 9.37 Å². The summed E-state index contributed by atoms with van der Waals surface area (Å²) in [6.45, 7) is 0.515. The van der Waals surface area contributed by atoms with Crippen LogP contribution in [-0.4, -0.2) is 29.9 Å². The van der Waals surface area contributed by atoms with Crippen molar-refractivity contribution < 1.29 is 18.7 Å². The van der Waals surface area contributed by atoms with Crippen LogP contribution < -0.4 is 9.47 Å². The van der Waals surface area contributed by atoms with Crippen molar-refractivity contribution in [2.75, 3.05) is 14.2 Å². The number of thiazole rings is 1. The van der Waals surface area contributed by atoms with Crippen molar-refractivity contribution in [3.05, 3.63) is 74.9 Å². The van der Waals surface area contributed by atoms with E-state index in [1.54, 1.807) is 42.8 Å². The first-order valence-electron chi connectivity index (χ1n) is 8.37. The van der Waals surface area contributed by atoms with Gasteiger partial charge >= 0.3 is 0 Å². The summed E-state index contributed by atoms with van der Waals surface area (Å²) in [5.41, 5.74) is 0.992. The number of methoxy groups -OCH3 is 1. The predicted molar refractivity (Wildman–Crippen MR) is 107 cm³/mol. The van der Waals surface area contributed by atoms with E-state index in [1.807, 2.05) is 0 Å². The first-order valence-corrected chi connectivity index (χ1v) is 9.62. The molecule has 0 saturated heterocycles. The molecular weight excluding hydrogens is 403 g/mol. The first-order chi connectivity index (χ1) is 13.5. The molecule has 0 unspecified atom stereocenters. The highest BCUT2D eigenvalue weighted by atomic mass is 35.5. The Labute approximate surface area is 171 Å². The van der Waals surface area contributed by atoms with Gasteiger partial charge < -0.3 is 14.4 Å². The normalized spacial score (nSPS) is 10.6. The molecule has 0 atom stereocenters. The average molecular weight is 421 g/mol. The number of aromatic nitrogens is 1. The highest BCUT2D eigenvalue weighted by Gasteiger charge is 2.17. The molecule has 0 fully saturated rings. The molecule has 3 rings (SSSR count). The summed E-state index contributed by atoms with van der Waals surface area (Å²) in [6, 6.07) is 11.6.